The standard InChI is InChI=1S/C14H18N4S/c1-9-5-10(2)16-13(9)8-18-4-3-12-11(7-18)6-15-14(19)17-12/h5-6,16H,3-4,7-8H2,1-2H3,(H,15,17,19). The third kappa shape index (κ3) is 2.62. The van der Waals surface area contributed by atoms with Crippen LogP contribution in [0, 0.1) is 18.6 Å². The Hall–Kier alpha value is -1.46. The molecule has 2 N–H and O–H groups in total. The van der Waals surface area contributed by atoms with Crippen molar-refractivity contribution in [2.75, 3.05) is 6.54 Å². The van der Waals surface area contributed by atoms with Crippen LogP contribution in [0.5, 0.6) is 0 Å². The van der Waals surface area contributed by atoms with Crippen molar-refractivity contribution in [1.82, 2.24) is 19.9 Å². The van der Waals surface area contributed by atoms with Crippen LogP contribution in [0.4, 0.5) is 0 Å². The molecule has 100 valence electrons. The minimum absolute atomic E-state index is 0.586. The van der Waals surface area contributed by atoms with Gasteiger partial charge in [0.1, 0.15) is 0 Å². The summed E-state index contributed by atoms with van der Waals surface area (Å²) >= 11 is 5.07. The lowest BCUT2D eigenvalue weighted by molar-refractivity contribution is 0.240. The lowest BCUT2D eigenvalue weighted by atomic mass is 10.1. The zero-order valence-electron chi connectivity index (χ0n) is 11.3. The summed E-state index contributed by atoms with van der Waals surface area (Å²) in [5.74, 6) is 0. The Bertz CT molecular complexity index is 656. The minimum Gasteiger partial charge on any atom is -0.361 e. The van der Waals surface area contributed by atoms with Crippen LogP contribution < -0.4 is 0 Å². The van der Waals surface area contributed by atoms with Crippen molar-refractivity contribution in [3.05, 3.63) is 45.2 Å². The quantitative estimate of drug-likeness (QED) is 0.828. The van der Waals surface area contributed by atoms with Gasteiger partial charge in [0.2, 0.25) is 0 Å². The van der Waals surface area contributed by atoms with E-state index in [1.807, 2.05) is 6.20 Å². The second-order valence-corrected chi connectivity index (χ2v) is 5.65. The molecule has 3 heterocycles. The Morgan fingerprint density at radius 3 is 2.95 bits per heavy atom. The zero-order valence-corrected chi connectivity index (χ0v) is 12.1. The van der Waals surface area contributed by atoms with Gasteiger partial charge in [-0.05, 0) is 37.7 Å². The summed E-state index contributed by atoms with van der Waals surface area (Å²) < 4.78 is 0.586. The van der Waals surface area contributed by atoms with Crippen LogP contribution in [-0.4, -0.2) is 26.4 Å². The normalized spacial score (nSPS) is 15.5. The SMILES string of the molecule is Cc1cc(C)c(CN2CCc3[nH]c(=S)ncc3C2)[nH]1. The predicted octanol–water partition coefficient (Wildman–Crippen LogP) is 2.64. The number of aryl methyl sites for hydroxylation is 2. The first-order valence-corrected chi connectivity index (χ1v) is 6.97. The van der Waals surface area contributed by atoms with Gasteiger partial charge in [0.25, 0.3) is 0 Å². The summed E-state index contributed by atoms with van der Waals surface area (Å²) in [4.78, 5) is 13.3. The Labute approximate surface area is 117 Å². The molecule has 0 bridgehead atoms. The van der Waals surface area contributed by atoms with Crippen LogP contribution in [0.3, 0.4) is 0 Å². The Morgan fingerprint density at radius 1 is 1.37 bits per heavy atom. The Morgan fingerprint density at radius 2 is 2.21 bits per heavy atom. The first-order valence-electron chi connectivity index (χ1n) is 6.56. The summed E-state index contributed by atoms with van der Waals surface area (Å²) in [6.45, 7) is 7.22. The first-order chi connectivity index (χ1) is 9.11. The number of nitrogens with one attached hydrogen (secondary N) is 2. The molecular formula is C14H18N4S. The fourth-order valence-electron chi connectivity index (χ4n) is 2.71. The van der Waals surface area contributed by atoms with Gasteiger partial charge >= 0.3 is 0 Å². The van der Waals surface area contributed by atoms with E-state index in [-0.39, 0.29) is 0 Å². The average molecular weight is 274 g/mol. The summed E-state index contributed by atoms with van der Waals surface area (Å²) in [6, 6.07) is 2.20. The molecule has 1 aliphatic rings. The molecule has 3 rings (SSSR count). The maximum Gasteiger partial charge on any atom is 0.196 e. The van der Waals surface area contributed by atoms with Gasteiger partial charge in [-0.15, -0.1) is 0 Å². The number of fused-ring (bicyclic) bond motifs is 1. The number of rotatable bonds is 2. The van der Waals surface area contributed by atoms with Crippen molar-refractivity contribution < 1.29 is 0 Å². The predicted molar refractivity (Wildman–Crippen MR) is 77.5 cm³/mol. The molecule has 0 unspecified atom stereocenters. The van der Waals surface area contributed by atoms with Crippen LogP contribution in [0.1, 0.15) is 28.2 Å². The van der Waals surface area contributed by atoms with Crippen molar-refractivity contribution in [1.29, 1.82) is 0 Å². The van der Waals surface area contributed by atoms with Crippen molar-refractivity contribution in [2.45, 2.75) is 33.4 Å². The smallest absolute Gasteiger partial charge is 0.196 e. The summed E-state index contributed by atoms with van der Waals surface area (Å²) in [7, 11) is 0. The van der Waals surface area contributed by atoms with E-state index in [0.717, 1.165) is 26.1 Å². The molecule has 0 saturated carbocycles. The molecule has 0 fully saturated rings. The molecule has 1 aliphatic heterocycles. The highest BCUT2D eigenvalue weighted by molar-refractivity contribution is 7.71. The van der Waals surface area contributed by atoms with E-state index < -0.39 is 0 Å². The highest BCUT2D eigenvalue weighted by atomic mass is 32.1. The lowest BCUT2D eigenvalue weighted by Gasteiger charge is -2.28. The molecule has 0 radical (unpaired) electrons. The molecule has 2 aromatic rings. The molecule has 0 spiro atoms. The van der Waals surface area contributed by atoms with Crippen LogP contribution in [0.15, 0.2) is 12.3 Å². The fourth-order valence-corrected chi connectivity index (χ4v) is 2.89. The molecule has 0 amide bonds. The largest absolute Gasteiger partial charge is 0.361 e. The van der Waals surface area contributed by atoms with Crippen molar-refractivity contribution in [3.8, 4) is 0 Å². The number of hydrogen-bond donors (Lipinski definition) is 2. The second-order valence-electron chi connectivity index (χ2n) is 5.27. The average Bonchev–Trinajstić information content (AvgIpc) is 2.68. The van der Waals surface area contributed by atoms with Gasteiger partial charge in [0.05, 0.1) is 0 Å². The number of hydrogen-bond acceptors (Lipinski definition) is 3. The number of nitrogens with zero attached hydrogens (tertiary/aromatic N) is 2. The number of aromatic nitrogens is 3. The van der Waals surface area contributed by atoms with Gasteiger partial charge in [0, 0.05) is 54.9 Å². The maximum atomic E-state index is 5.07. The summed E-state index contributed by atoms with van der Waals surface area (Å²) in [6.07, 6.45) is 2.92. The van der Waals surface area contributed by atoms with Crippen LogP contribution >= 0.6 is 12.2 Å². The minimum atomic E-state index is 0.586. The zero-order chi connectivity index (χ0) is 13.4. The lowest BCUT2D eigenvalue weighted by Crippen LogP contribution is -2.31. The monoisotopic (exact) mass is 274 g/mol. The third-order valence-electron chi connectivity index (χ3n) is 3.69. The molecule has 0 aromatic carbocycles. The van der Waals surface area contributed by atoms with Gasteiger partial charge in [0.15, 0.2) is 4.77 Å². The van der Waals surface area contributed by atoms with E-state index in [9.17, 15) is 0 Å². The van der Waals surface area contributed by atoms with E-state index in [2.05, 4.69) is 39.8 Å². The molecular weight excluding hydrogens is 256 g/mol. The van der Waals surface area contributed by atoms with Crippen LogP contribution in [0.2, 0.25) is 0 Å². The van der Waals surface area contributed by atoms with E-state index >= 15 is 0 Å². The molecule has 4 nitrogen and oxygen atoms in total. The summed E-state index contributed by atoms with van der Waals surface area (Å²) in [5.41, 5.74) is 6.40. The molecule has 0 atom stereocenters. The Kier molecular flexibility index (Phi) is 3.24. The van der Waals surface area contributed by atoms with Crippen LogP contribution in [-0.2, 0) is 19.5 Å². The van der Waals surface area contributed by atoms with Gasteiger partial charge in [-0.25, -0.2) is 4.98 Å². The third-order valence-corrected chi connectivity index (χ3v) is 3.90. The molecule has 0 saturated heterocycles. The van der Waals surface area contributed by atoms with Gasteiger partial charge < -0.3 is 9.97 Å². The molecule has 0 aliphatic carbocycles. The first kappa shape index (κ1) is 12.6. The van der Waals surface area contributed by atoms with Gasteiger partial charge in [-0.3, -0.25) is 4.90 Å². The van der Waals surface area contributed by atoms with Crippen molar-refractivity contribution >= 4 is 12.2 Å². The van der Waals surface area contributed by atoms with E-state index in [4.69, 9.17) is 12.2 Å². The van der Waals surface area contributed by atoms with Gasteiger partial charge in [-0.2, -0.15) is 0 Å². The molecule has 2 aromatic heterocycles. The van der Waals surface area contributed by atoms with E-state index in [1.54, 1.807) is 0 Å². The van der Waals surface area contributed by atoms with E-state index in [0.29, 0.717) is 4.77 Å². The maximum absolute atomic E-state index is 5.07. The Balaban J connectivity index is 1.77. The molecule has 5 heteroatoms. The van der Waals surface area contributed by atoms with Crippen molar-refractivity contribution in [3.63, 3.8) is 0 Å². The van der Waals surface area contributed by atoms with Crippen LogP contribution in [0.25, 0.3) is 0 Å². The second kappa shape index (κ2) is 4.90. The topological polar surface area (TPSA) is 47.7 Å². The van der Waals surface area contributed by atoms with Gasteiger partial charge in [-0.1, -0.05) is 0 Å². The number of H-pyrrole nitrogens is 2. The highest BCUT2D eigenvalue weighted by Gasteiger charge is 2.18. The highest BCUT2D eigenvalue weighted by Crippen LogP contribution is 2.19. The summed E-state index contributed by atoms with van der Waals surface area (Å²) in [5, 5.41) is 0. The van der Waals surface area contributed by atoms with Crippen molar-refractivity contribution in [2.24, 2.45) is 0 Å². The fraction of sp³-hybridized carbons (Fsp3) is 0.429. The molecule has 19 heavy (non-hydrogen) atoms. The number of aromatic amines is 2. The van der Waals surface area contributed by atoms with E-state index in [1.165, 1.54) is 28.2 Å².